The van der Waals surface area contributed by atoms with Gasteiger partial charge in [0.15, 0.2) is 0 Å². The number of sulfonamides is 1. The lowest BCUT2D eigenvalue weighted by Crippen LogP contribution is -2.39. The molecule has 0 saturated carbocycles. The summed E-state index contributed by atoms with van der Waals surface area (Å²) >= 11 is 0. The molecule has 1 amide bonds. The Morgan fingerprint density at radius 2 is 1.96 bits per heavy atom. The van der Waals surface area contributed by atoms with E-state index in [4.69, 9.17) is 0 Å². The van der Waals surface area contributed by atoms with Crippen molar-refractivity contribution in [1.82, 2.24) is 14.5 Å². The summed E-state index contributed by atoms with van der Waals surface area (Å²) in [6, 6.07) is 7.90. The van der Waals surface area contributed by atoms with Crippen LogP contribution in [0.25, 0.3) is 0 Å². The van der Waals surface area contributed by atoms with Gasteiger partial charge in [0.2, 0.25) is 15.9 Å². The number of likely N-dealkylation sites (N-methyl/N-ethyl adjacent to an activating group) is 1. The van der Waals surface area contributed by atoms with E-state index < -0.39 is 10.0 Å². The lowest BCUT2D eigenvalue weighted by atomic mass is 10.0. The van der Waals surface area contributed by atoms with Crippen molar-refractivity contribution >= 4 is 15.9 Å². The zero-order valence-corrected chi connectivity index (χ0v) is 14.6. The molecule has 0 unspecified atom stereocenters. The van der Waals surface area contributed by atoms with Gasteiger partial charge in [-0.3, -0.25) is 4.79 Å². The fourth-order valence-electron chi connectivity index (χ4n) is 2.57. The third kappa shape index (κ3) is 5.30. The van der Waals surface area contributed by atoms with E-state index >= 15 is 0 Å². The van der Waals surface area contributed by atoms with Crippen LogP contribution in [-0.4, -0.2) is 63.0 Å². The van der Waals surface area contributed by atoms with Crippen LogP contribution in [0.3, 0.4) is 0 Å². The van der Waals surface area contributed by atoms with Gasteiger partial charge in [-0.15, -0.1) is 0 Å². The predicted molar refractivity (Wildman–Crippen MR) is 90.5 cm³/mol. The van der Waals surface area contributed by atoms with E-state index in [9.17, 15) is 13.2 Å². The number of carbonyl (C=O) groups excluding carboxylic acids is 1. The van der Waals surface area contributed by atoms with Crippen LogP contribution in [0.15, 0.2) is 24.3 Å². The highest BCUT2D eigenvalue weighted by molar-refractivity contribution is 7.89. The molecule has 0 aliphatic carbocycles. The van der Waals surface area contributed by atoms with Crippen LogP contribution in [0, 0.1) is 0 Å². The fraction of sp³-hybridized carbons (Fsp3) is 0.562. The maximum Gasteiger partial charge on any atom is 0.221 e. The average molecular weight is 339 g/mol. The Balaban J connectivity index is 1.84. The number of benzene rings is 1. The van der Waals surface area contributed by atoms with Gasteiger partial charge < -0.3 is 10.2 Å². The number of rotatable bonds is 7. The first kappa shape index (κ1) is 17.9. The van der Waals surface area contributed by atoms with E-state index in [1.807, 2.05) is 43.3 Å². The molecule has 6 nitrogen and oxygen atoms in total. The number of amides is 1. The average Bonchev–Trinajstić information content (AvgIpc) is 2.52. The highest BCUT2D eigenvalue weighted by Gasteiger charge is 2.26. The summed E-state index contributed by atoms with van der Waals surface area (Å²) in [4.78, 5) is 13.7. The smallest absolute Gasteiger partial charge is 0.221 e. The zero-order valence-electron chi connectivity index (χ0n) is 13.8. The molecule has 1 aliphatic heterocycles. The van der Waals surface area contributed by atoms with Gasteiger partial charge in [0.05, 0.1) is 5.75 Å². The first-order valence-electron chi connectivity index (χ1n) is 7.84. The van der Waals surface area contributed by atoms with Crippen molar-refractivity contribution in [1.29, 1.82) is 0 Å². The summed E-state index contributed by atoms with van der Waals surface area (Å²) < 4.78 is 26.3. The molecule has 0 saturated heterocycles. The van der Waals surface area contributed by atoms with Gasteiger partial charge in [-0.2, -0.15) is 4.31 Å². The summed E-state index contributed by atoms with van der Waals surface area (Å²) in [5.41, 5.74) is 2.26. The molecule has 128 valence electrons. The monoisotopic (exact) mass is 339 g/mol. The van der Waals surface area contributed by atoms with E-state index in [0.29, 0.717) is 19.6 Å². The zero-order chi connectivity index (χ0) is 16.9. The number of fused-ring (bicyclic) bond motifs is 1. The van der Waals surface area contributed by atoms with E-state index in [0.717, 1.165) is 18.5 Å². The Morgan fingerprint density at radius 3 is 2.65 bits per heavy atom. The van der Waals surface area contributed by atoms with Crippen LogP contribution in [-0.2, 0) is 27.8 Å². The van der Waals surface area contributed by atoms with Crippen LogP contribution in [0.2, 0.25) is 0 Å². The molecule has 0 aromatic heterocycles. The Kier molecular flexibility index (Phi) is 6.15. The standard InChI is InChI=1S/C16H25N3O3S/c1-18(2)11-9-17-16(20)8-12-23(21,22)19-10-7-14-5-3-4-6-15(14)13-19/h3-6H,7-13H2,1-2H3,(H,17,20). The lowest BCUT2D eigenvalue weighted by Gasteiger charge is -2.28. The summed E-state index contributed by atoms with van der Waals surface area (Å²) in [6.45, 7) is 2.16. The molecule has 1 aromatic rings. The number of nitrogens with one attached hydrogen (secondary N) is 1. The summed E-state index contributed by atoms with van der Waals surface area (Å²) in [5.74, 6) is -0.351. The number of nitrogens with zero attached hydrogens (tertiary/aromatic N) is 2. The molecule has 0 radical (unpaired) electrons. The highest BCUT2D eigenvalue weighted by atomic mass is 32.2. The van der Waals surface area contributed by atoms with Crippen molar-refractivity contribution in [3.63, 3.8) is 0 Å². The van der Waals surface area contributed by atoms with Crippen molar-refractivity contribution in [3.8, 4) is 0 Å². The van der Waals surface area contributed by atoms with E-state index in [-0.39, 0.29) is 18.1 Å². The van der Waals surface area contributed by atoms with Gasteiger partial charge in [-0.25, -0.2) is 8.42 Å². The van der Waals surface area contributed by atoms with Crippen LogP contribution in [0.5, 0.6) is 0 Å². The highest BCUT2D eigenvalue weighted by Crippen LogP contribution is 2.21. The van der Waals surface area contributed by atoms with Crippen molar-refractivity contribution in [2.75, 3.05) is 39.5 Å². The lowest BCUT2D eigenvalue weighted by molar-refractivity contribution is -0.120. The fourth-order valence-corrected chi connectivity index (χ4v) is 3.97. The summed E-state index contributed by atoms with van der Waals surface area (Å²) in [5, 5.41) is 2.74. The van der Waals surface area contributed by atoms with Crippen LogP contribution in [0.4, 0.5) is 0 Å². The summed E-state index contributed by atoms with van der Waals surface area (Å²) in [6.07, 6.45) is 0.734. The molecule has 7 heteroatoms. The molecule has 1 heterocycles. The molecule has 0 atom stereocenters. The molecule has 1 aromatic carbocycles. The van der Waals surface area contributed by atoms with E-state index in [1.165, 1.54) is 9.87 Å². The minimum absolute atomic E-state index is 0.00785. The molecule has 1 aliphatic rings. The van der Waals surface area contributed by atoms with Gasteiger partial charge in [-0.1, -0.05) is 24.3 Å². The molecule has 2 rings (SSSR count). The Hall–Kier alpha value is -1.44. The maximum absolute atomic E-state index is 12.4. The Labute approximate surface area is 138 Å². The normalized spacial score (nSPS) is 15.4. The molecular formula is C16H25N3O3S. The van der Waals surface area contributed by atoms with Gasteiger partial charge in [0.25, 0.3) is 0 Å². The minimum atomic E-state index is -3.40. The van der Waals surface area contributed by atoms with Gasteiger partial charge in [0, 0.05) is 32.6 Å². The summed E-state index contributed by atoms with van der Waals surface area (Å²) in [7, 11) is 0.442. The number of hydrogen-bond acceptors (Lipinski definition) is 4. The van der Waals surface area contributed by atoms with Gasteiger partial charge in [0.1, 0.15) is 0 Å². The first-order valence-corrected chi connectivity index (χ1v) is 9.45. The van der Waals surface area contributed by atoms with Crippen LogP contribution >= 0.6 is 0 Å². The number of carbonyl (C=O) groups is 1. The Morgan fingerprint density at radius 1 is 1.26 bits per heavy atom. The molecule has 23 heavy (non-hydrogen) atoms. The first-order chi connectivity index (χ1) is 10.9. The van der Waals surface area contributed by atoms with Gasteiger partial charge in [-0.05, 0) is 31.6 Å². The third-order valence-corrected chi connectivity index (χ3v) is 5.78. The maximum atomic E-state index is 12.4. The second kappa shape index (κ2) is 7.90. The van der Waals surface area contributed by atoms with Crippen LogP contribution < -0.4 is 5.32 Å². The van der Waals surface area contributed by atoms with E-state index in [1.54, 1.807) is 0 Å². The van der Waals surface area contributed by atoms with Crippen molar-refractivity contribution in [2.45, 2.75) is 19.4 Å². The number of hydrogen-bond donors (Lipinski definition) is 1. The van der Waals surface area contributed by atoms with E-state index in [2.05, 4.69) is 5.32 Å². The van der Waals surface area contributed by atoms with Crippen LogP contribution in [0.1, 0.15) is 17.5 Å². The van der Waals surface area contributed by atoms with Crippen molar-refractivity contribution < 1.29 is 13.2 Å². The molecule has 0 fully saturated rings. The molecule has 0 bridgehead atoms. The van der Waals surface area contributed by atoms with Gasteiger partial charge >= 0.3 is 0 Å². The Bertz CT molecular complexity index is 644. The molecule has 1 N–H and O–H groups in total. The molecule has 0 spiro atoms. The minimum Gasteiger partial charge on any atom is -0.355 e. The predicted octanol–water partition coefficient (Wildman–Crippen LogP) is 0.442. The SMILES string of the molecule is CN(C)CCNC(=O)CCS(=O)(=O)N1CCc2ccccc2C1. The van der Waals surface area contributed by atoms with Crippen molar-refractivity contribution in [3.05, 3.63) is 35.4 Å². The molecular weight excluding hydrogens is 314 g/mol. The quantitative estimate of drug-likeness (QED) is 0.783. The largest absolute Gasteiger partial charge is 0.355 e. The second-order valence-electron chi connectivity index (χ2n) is 6.07. The van der Waals surface area contributed by atoms with Crippen molar-refractivity contribution in [2.24, 2.45) is 0 Å². The topological polar surface area (TPSA) is 69.7 Å². The second-order valence-corrected chi connectivity index (χ2v) is 8.16. The third-order valence-electron chi connectivity index (χ3n) is 3.96.